The summed E-state index contributed by atoms with van der Waals surface area (Å²) < 4.78 is 0. The predicted octanol–water partition coefficient (Wildman–Crippen LogP) is 1.45. The number of likely N-dealkylation sites (tertiary alicyclic amines) is 1. The topological polar surface area (TPSA) is 95.5 Å². The molecule has 152 valence electrons. The fourth-order valence-electron chi connectivity index (χ4n) is 3.86. The molecule has 1 atom stereocenters. The van der Waals surface area contributed by atoms with Crippen molar-refractivity contribution in [1.82, 2.24) is 20.2 Å². The van der Waals surface area contributed by atoms with Gasteiger partial charge < -0.3 is 10.2 Å². The second-order valence-corrected chi connectivity index (χ2v) is 8.27. The van der Waals surface area contributed by atoms with Crippen LogP contribution in [0.15, 0.2) is 36.1 Å². The highest BCUT2D eigenvalue weighted by molar-refractivity contribution is 7.13. The maximum Gasteiger partial charge on any atom is 0.229 e. The molecule has 0 bridgehead atoms. The smallest absolute Gasteiger partial charge is 0.229 e. The zero-order chi connectivity index (χ0) is 20.2. The summed E-state index contributed by atoms with van der Waals surface area (Å²) in [5.74, 6) is -0.448. The van der Waals surface area contributed by atoms with E-state index in [1.165, 1.54) is 11.3 Å². The highest BCUT2D eigenvalue weighted by atomic mass is 32.1. The summed E-state index contributed by atoms with van der Waals surface area (Å²) in [6.07, 6.45) is 6.60. The molecule has 9 heteroatoms. The summed E-state index contributed by atoms with van der Waals surface area (Å²) in [6.45, 7) is 1.94. The molecule has 2 aromatic heterocycles. The van der Waals surface area contributed by atoms with Gasteiger partial charge in [0.1, 0.15) is 0 Å². The van der Waals surface area contributed by atoms with Crippen molar-refractivity contribution in [2.24, 2.45) is 11.8 Å². The van der Waals surface area contributed by atoms with Crippen molar-refractivity contribution >= 4 is 34.2 Å². The molecule has 4 rings (SSSR count). The molecule has 8 nitrogen and oxygen atoms in total. The van der Waals surface area contributed by atoms with Crippen LogP contribution in [0.5, 0.6) is 0 Å². The predicted molar refractivity (Wildman–Crippen MR) is 108 cm³/mol. The molecule has 0 spiro atoms. The molecule has 0 saturated carbocycles. The molecular formula is C20H23N5O3S. The molecule has 1 N–H and O–H groups in total. The molecule has 0 aliphatic carbocycles. The Labute approximate surface area is 172 Å². The molecule has 2 saturated heterocycles. The third-order valence-electron chi connectivity index (χ3n) is 5.49. The van der Waals surface area contributed by atoms with Gasteiger partial charge in [-0.05, 0) is 24.5 Å². The standard InChI is InChI=1S/C20H23N5O3S/c26-17-10-16(13-25(17)20-22-6-9-29-20)19(28)24-7-3-15(4-8-24)18(27)23-12-14-2-1-5-21-11-14/h1-2,5-6,9,11,15-16H,3-4,7-8,10,12-13H2,(H,23,27). The first-order valence-electron chi connectivity index (χ1n) is 9.77. The van der Waals surface area contributed by atoms with Gasteiger partial charge in [0.15, 0.2) is 5.13 Å². The first-order valence-corrected chi connectivity index (χ1v) is 10.6. The van der Waals surface area contributed by atoms with Crippen molar-refractivity contribution in [1.29, 1.82) is 0 Å². The number of pyridine rings is 1. The van der Waals surface area contributed by atoms with Gasteiger partial charge in [0.05, 0.1) is 5.92 Å². The number of nitrogens with one attached hydrogen (secondary N) is 1. The molecule has 3 amide bonds. The van der Waals surface area contributed by atoms with Crippen molar-refractivity contribution in [2.75, 3.05) is 24.5 Å². The number of thiazole rings is 1. The van der Waals surface area contributed by atoms with Gasteiger partial charge in [-0.2, -0.15) is 0 Å². The first-order chi connectivity index (χ1) is 14.1. The Kier molecular flexibility index (Phi) is 5.84. The SMILES string of the molecule is O=C(NCc1cccnc1)C1CCN(C(=O)C2CC(=O)N(c3nccs3)C2)CC1. The Bertz CT molecular complexity index is 866. The number of carbonyl (C=O) groups excluding carboxylic acids is 3. The Balaban J connectivity index is 1.25. The normalized spacial score (nSPS) is 20.1. The van der Waals surface area contributed by atoms with Crippen LogP contribution in [0.25, 0.3) is 0 Å². The van der Waals surface area contributed by atoms with Crippen molar-refractivity contribution in [3.05, 3.63) is 41.7 Å². The lowest BCUT2D eigenvalue weighted by Crippen LogP contribution is -2.45. The molecule has 0 aromatic carbocycles. The average Bonchev–Trinajstić information content (AvgIpc) is 3.42. The number of piperidine rings is 1. The van der Waals surface area contributed by atoms with E-state index in [0.717, 1.165) is 5.56 Å². The Morgan fingerprint density at radius 2 is 2.03 bits per heavy atom. The van der Waals surface area contributed by atoms with Crippen LogP contribution >= 0.6 is 11.3 Å². The second-order valence-electron chi connectivity index (χ2n) is 7.40. The lowest BCUT2D eigenvalue weighted by Gasteiger charge is -2.32. The lowest BCUT2D eigenvalue weighted by atomic mass is 9.94. The van der Waals surface area contributed by atoms with E-state index in [2.05, 4.69) is 15.3 Å². The number of amides is 3. The molecule has 4 heterocycles. The monoisotopic (exact) mass is 413 g/mol. The third kappa shape index (κ3) is 4.45. The van der Waals surface area contributed by atoms with Crippen molar-refractivity contribution < 1.29 is 14.4 Å². The van der Waals surface area contributed by atoms with E-state index in [-0.39, 0.29) is 36.0 Å². The van der Waals surface area contributed by atoms with Gasteiger partial charge >= 0.3 is 0 Å². The summed E-state index contributed by atoms with van der Waals surface area (Å²) in [7, 11) is 0. The number of carbonyl (C=O) groups is 3. The Morgan fingerprint density at radius 1 is 1.21 bits per heavy atom. The zero-order valence-electron chi connectivity index (χ0n) is 16.0. The van der Waals surface area contributed by atoms with E-state index >= 15 is 0 Å². The van der Waals surface area contributed by atoms with Gasteiger partial charge in [-0.3, -0.25) is 24.3 Å². The Morgan fingerprint density at radius 3 is 2.72 bits per heavy atom. The summed E-state index contributed by atoms with van der Waals surface area (Å²) >= 11 is 1.40. The fourth-order valence-corrected chi connectivity index (χ4v) is 4.53. The maximum atomic E-state index is 12.9. The van der Waals surface area contributed by atoms with Crippen LogP contribution in [-0.2, 0) is 20.9 Å². The van der Waals surface area contributed by atoms with E-state index < -0.39 is 0 Å². The molecule has 29 heavy (non-hydrogen) atoms. The number of rotatable bonds is 5. The van der Waals surface area contributed by atoms with Crippen molar-refractivity contribution in [3.8, 4) is 0 Å². The third-order valence-corrected chi connectivity index (χ3v) is 6.29. The summed E-state index contributed by atoms with van der Waals surface area (Å²) in [4.78, 5) is 49.2. The summed E-state index contributed by atoms with van der Waals surface area (Å²) in [5, 5.41) is 5.42. The van der Waals surface area contributed by atoms with Gasteiger partial charge in [-0.25, -0.2) is 4.98 Å². The largest absolute Gasteiger partial charge is 0.352 e. The highest BCUT2D eigenvalue weighted by Crippen LogP contribution is 2.29. The van der Waals surface area contributed by atoms with Gasteiger partial charge in [0.2, 0.25) is 17.7 Å². The van der Waals surface area contributed by atoms with Crippen LogP contribution in [0.4, 0.5) is 5.13 Å². The van der Waals surface area contributed by atoms with Crippen LogP contribution in [0.1, 0.15) is 24.8 Å². The number of anilines is 1. The number of nitrogens with zero attached hydrogens (tertiary/aromatic N) is 4. The van der Waals surface area contributed by atoms with E-state index in [1.807, 2.05) is 17.5 Å². The van der Waals surface area contributed by atoms with E-state index in [0.29, 0.717) is 44.2 Å². The molecule has 2 aliphatic rings. The van der Waals surface area contributed by atoms with Gasteiger partial charge in [0, 0.05) is 62.5 Å². The highest BCUT2D eigenvalue weighted by Gasteiger charge is 2.39. The first kappa shape index (κ1) is 19.5. The molecule has 1 unspecified atom stereocenters. The maximum absolute atomic E-state index is 12.9. The summed E-state index contributed by atoms with van der Waals surface area (Å²) in [5.41, 5.74) is 0.962. The number of hydrogen-bond acceptors (Lipinski definition) is 6. The van der Waals surface area contributed by atoms with E-state index in [4.69, 9.17) is 0 Å². The summed E-state index contributed by atoms with van der Waals surface area (Å²) in [6, 6.07) is 3.77. The van der Waals surface area contributed by atoms with Gasteiger partial charge in [0.25, 0.3) is 0 Å². The molecule has 2 aliphatic heterocycles. The number of aromatic nitrogens is 2. The molecule has 2 aromatic rings. The van der Waals surface area contributed by atoms with Gasteiger partial charge in [-0.15, -0.1) is 11.3 Å². The van der Waals surface area contributed by atoms with Crippen LogP contribution in [0.3, 0.4) is 0 Å². The quantitative estimate of drug-likeness (QED) is 0.800. The minimum Gasteiger partial charge on any atom is -0.352 e. The van der Waals surface area contributed by atoms with Crippen LogP contribution in [0.2, 0.25) is 0 Å². The number of hydrogen-bond donors (Lipinski definition) is 1. The zero-order valence-corrected chi connectivity index (χ0v) is 16.8. The van der Waals surface area contributed by atoms with Crippen LogP contribution in [0, 0.1) is 11.8 Å². The van der Waals surface area contributed by atoms with E-state index in [9.17, 15) is 14.4 Å². The lowest BCUT2D eigenvalue weighted by molar-refractivity contribution is -0.139. The van der Waals surface area contributed by atoms with Crippen LogP contribution in [-0.4, -0.2) is 52.2 Å². The average molecular weight is 414 g/mol. The molecule has 2 fully saturated rings. The minimum absolute atomic E-state index is 0.00613. The fraction of sp³-hybridized carbons (Fsp3) is 0.450. The molecular weight excluding hydrogens is 390 g/mol. The molecule has 0 radical (unpaired) electrons. The van der Waals surface area contributed by atoms with E-state index in [1.54, 1.807) is 28.4 Å². The Hall–Kier alpha value is -2.81. The van der Waals surface area contributed by atoms with Gasteiger partial charge in [-0.1, -0.05) is 6.07 Å². The van der Waals surface area contributed by atoms with Crippen molar-refractivity contribution in [2.45, 2.75) is 25.8 Å². The minimum atomic E-state index is -0.331. The van der Waals surface area contributed by atoms with Crippen molar-refractivity contribution in [3.63, 3.8) is 0 Å². The second kappa shape index (κ2) is 8.69. The van der Waals surface area contributed by atoms with Crippen LogP contribution < -0.4 is 10.2 Å².